The van der Waals surface area contributed by atoms with Crippen molar-refractivity contribution in [1.82, 2.24) is 4.90 Å². The van der Waals surface area contributed by atoms with Crippen molar-refractivity contribution in [1.29, 1.82) is 0 Å². The van der Waals surface area contributed by atoms with Gasteiger partial charge in [0.1, 0.15) is 7.14 Å². The second kappa shape index (κ2) is 10.3. The lowest BCUT2D eigenvalue weighted by atomic mass is 10.1. The predicted molar refractivity (Wildman–Crippen MR) is 133 cm³/mol. The second-order valence-electron chi connectivity index (χ2n) is 8.36. The summed E-state index contributed by atoms with van der Waals surface area (Å²) in [5, 5.41) is 10.8. The molecule has 0 saturated carbocycles. The number of hydrogen-bond acceptors (Lipinski definition) is 6. The van der Waals surface area contributed by atoms with Crippen LogP contribution < -0.4 is 10.6 Å². The maximum Gasteiger partial charge on any atom is 0.345 e. The number of fused-ring (bicyclic) bond motifs is 1. The average Bonchev–Trinajstić information content (AvgIpc) is 3.13. The maximum absolute atomic E-state index is 15.0. The number of benzene rings is 3. The van der Waals surface area contributed by atoms with E-state index in [1.807, 2.05) is 0 Å². The molecule has 2 atom stereocenters. The van der Waals surface area contributed by atoms with Crippen LogP contribution in [-0.4, -0.2) is 52.1 Å². The lowest BCUT2D eigenvalue weighted by Gasteiger charge is -2.33. The lowest BCUT2D eigenvalue weighted by Crippen LogP contribution is -2.44. The number of imide groups is 1. The van der Waals surface area contributed by atoms with E-state index >= 15 is 0 Å². The van der Waals surface area contributed by atoms with E-state index in [4.69, 9.17) is 4.74 Å². The normalized spacial score (nSPS) is 14.8. The minimum atomic E-state index is -3.78. The quantitative estimate of drug-likeness (QED) is 0.270. The Morgan fingerprint density at radius 1 is 0.833 bits per heavy atom. The zero-order valence-electron chi connectivity index (χ0n) is 19.4. The van der Waals surface area contributed by atoms with Gasteiger partial charge in [-0.05, 0) is 18.6 Å². The molecular weight excluding hydrogens is 481 g/mol. The standard InChI is InChI=1S/C27H24NO7P/c1-18(29)35-24(27(32)33)23(16-17-28-25(30)21-14-8-9-15-22(21)26(28)31)36(34,19-10-4-2-5-11-19)20-12-6-3-7-13-20/h2-15,23-24H,16-17H2,1H3,(H,32,33)/t23-,24-/m1/s1. The SMILES string of the molecule is CC(=O)O[C@@H](C(=O)O)[C@@H](CCN1C(=O)c2ccccc2C1=O)P(=O)(c1ccccc1)c1ccccc1. The zero-order chi connectivity index (χ0) is 25.9. The summed E-state index contributed by atoms with van der Waals surface area (Å²) in [4.78, 5) is 51.1. The highest BCUT2D eigenvalue weighted by molar-refractivity contribution is 7.79. The van der Waals surface area contributed by atoms with Crippen LogP contribution in [0.25, 0.3) is 0 Å². The van der Waals surface area contributed by atoms with Crippen LogP contribution in [0.15, 0.2) is 84.9 Å². The van der Waals surface area contributed by atoms with Gasteiger partial charge in [-0.1, -0.05) is 72.8 Å². The van der Waals surface area contributed by atoms with Crippen LogP contribution in [0.2, 0.25) is 0 Å². The van der Waals surface area contributed by atoms with E-state index in [-0.39, 0.29) is 24.1 Å². The van der Waals surface area contributed by atoms with Crippen molar-refractivity contribution in [2.24, 2.45) is 0 Å². The molecule has 1 heterocycles. The van der Waals surface area contributed by atoms with Crippen molar-refractivity contribution < 1.29 is 33.6 Å². The van der Waals surface area contributed by atoms with Crippen molar-refractivity contribution in [3.8, 4) is 0 Å². The summed E-state index contributed by atoms with van der Waals surface area (Å²) in [7, 11) is -3.78. The first-order valence-corrected chi connectivity index (χ1v) is 13.1. The van der Waals surface area contributed by atoms with Gasteiger partial charge in [0.25, 0.3) is 11.8 Å². The summed E-state index contributed by atoms with van der Waals surface area (Å²) in [6.07, 6.45) is -1.94. The molecule has 1 N–H and O–H groups in total. The number of carbonyl (C=O) groups excluding carboxylic acids is 3. The van der Waals surface area contributed by atoms with Crippen molar-refractivity contribution in [2.45, 2.75) is 25.1 Å². The first kappa shape index (κ1) is 25.1. The number of rotatable bonds is 9. The van der Waals surface area contributed by atoms with Gasteiger partial charge in [-0.2, -0.15) is 0 Å². The topological polar surface area (TPSA) is 118 Å². The molecule has 3 aromatic carbocycles. The number of carboxylic acid groups (broad SMARTS) is 1. The first-order chi connectivity index (χ1) is 17.2. The van der Waals surface area contributed by atoms with Gasteiger partial charge in [-0.3, -0.25) is 19.3 Å². The third-order valence-electron chi connectivity index (χ3n) is 6.16. The van der Waals surface area contributed by atoms with E-state index in [0.717, 1.165) is 11.8 Å². The molecule has 0 radical (unpaired) electrons. The largest absolute Gasteiger partial charge is 0.478 e. The number of hydrogen-bond donors (Lipinski definition) is 1. The van der Waals surface area contributed by atoms with Crippen molar-refractivity contribution >= 4 is 41.5 Å². The number of amides is 2. The molecule has 0 saturated heterocycles. The molecular formula is C27H24NO7P. The van der Waals surface area contributed by atoms with Crippen molar-refractivity contribution in [2.75, 3.05) is 6.54 Å². The molecule has 8 nitrogen and oxygen atoms in total. The van der Waals surface area contributed by atoms with Gasteiger partial charge in [0, 0.05) is 24.1 Å². The summed E-state index contributed by atoms with van der Waals surface area (Å²) < 4.78 is 20.2. The molecule has 1 aliphatic rings. The summed E-state index contributed by atoms with van der Waals surface area (Å²) in [6.45, 7) is 0.874. The fourth-order valence-electron chi connectivity index (χ4n) is 4.53. The predicted octanol–water partition coefficient (Wildman–Crippen LogP) is 3.07. The number of esters is 1. The molecule has 4 rings (SSSR count). The van der Waals surface area contributed by atoms with Gasteiger partial charge in [0.05, 0.1) is 16.8 Å². The number of ether oxygens (including phenoxy) is 1. The van der Waals surface area contributed by atoms with Gasteiger partial charge in [-0.25, -0.2) is 4.79 Å². The van der Waals surface area contributed by atoms with Gasteiger partial charge in [0.2, 0.25) is 6.10 Å². The summed E-state index contributed by atoms with van der Waals surface area (Å²) in [6, 6.07) is 23.2. The van der Waals surface area contributed by atoms with E-state index in [1.54, 1.807) is 84.9 Å². The Morgan fingerprint density at radius 2 is 1.28 bits per heavy atom. The average molecular weight is 505 g/mol. The molecule has 9 heteroatoms. The minimum absolute atomic E-state index is 0.170. The zero-order valence-corrected chi connectivity index (χ0v) is 20.3. The molecule has 184 valence electrons. The number of nitrogens with zero attached hydrogens (tertiary/aromatic N) is 1. The Bertz CT molecular complexity index is 1280. The Hall–Kier alpha value is -4.03. The molecule has 0 spiro atoms. The van der Waals surface area contributed by atoms with Crippen LogP contribution in [0.5, 0.6) is 0 Å². The number of carboxylic acids is 1. The van der Waals surface area contributed by atoms with Gasteiger partial charge in [0.15, 0.2) is 0 Å². The third kappa shape index (κ3) is 4.60. The smallest absolute Gasteiger partial charge is 0.345 e. The molecule has 36 heavy (non-hydrogen) atoms. The van der Waals surface area contributed by atoms with Crippen molar-refractivity contribution in [3.05, 3.63) is 96.1 Å². The summed E-state index contributed by atoms with van der Waals surface area (Å²) >= 11 is 0. The Labute approximate surface area is 207 Å². The number of carbonyl (C=O) groups is 4. The fourth-order valence-corrected chi connectivity index (χ4v) is 7.87. The van der Waals surface area contributed by atoms with Crippen LogP contribution >= 0.6 is 7.14 Å². The molecule has 0 aliphatic carbocycles. The molecule has 0 aromatic heterocycles. The monoisotopic (exact) mass is 505 g/mol. The van der Waals surface area contributed by atoms with Gasteiger partial charge >= 0.3 is 11.9 Å². The molecule has 0 unspecified atom stereocenters. The highest BCUT2D eigenvalue weighted by Gasteiger charge is 2.47. The summed E-state index contributed by atoms with van der Waals surface area (Å²) in [5.41, 5.74) is -0.751. The van der Waals surface area contributed by atoms with Gasteiger partial charge < -0.3 is 14.4 Å². The Kier molecular flexibility index (Phi) is 7.17. The van der Waals surface area contributed by atoms with E-state index in [9.17, 15) is 28.8 Å². The van der Waals surface area contributed by atoms with Crippen LogP contribution in [0, 0.1) is 0 Å². The first-order valence-electron chi connectivity index (χ1n) is 11.3. The van der Waals surface area contributed by atoms with Crippen LogP contribution in [-0.2, 0) is 18.9 Å². The molecule has 0 fully saturated rings. The molecule has 2 amide bonds. The van der Waals surface area contributed by atoms with E-state index < -0.39 is 42.7 Å². The van der Waals surface area contributed by atoms with E-state index in [2.05, 4.69) is 0 Å². The molecule has 3 aromatic rings. The second-order valence-corrected chi connectivity index (χ2v) is 11.4. The molecule has 0 bridgehead atoms. The molecule has 1 aliphatic heterocycles. The summed E-state index contributed by atoms with van der Waals surface area (Å²) in [5.74, 6) is -3.34. The highest BCUT2D eigenvalue weighted by Crippen LogP contribution is 2.52. The maximum atomic E-state index is 15.0. The fraction of sp³-hybridized carbons (Fsp3) is 0.185. The van der Waals surface area contributed by atoms with Crippen molar-refractivity contribution in [3.63, 3.8) is 0 Å². The lowest BCUT2D eigenvalue weighted by molar-refractivity contribution is -0.162. The van der Waals surface area contributed by atoms with E-state index in [0.29, 0.717) is 10.6 Å². The van der Waals surface area contributed by atoms with E-state index in [1.165, 1.54) is 0 Å². The number of aliphatic carboxylic acids is 1. The highest BCUT2D eigenvalue weighted by atomic mass is 31.2. The third-order valence-corrected chi connectivity index (χ3v) is 9.75. The van der Waals surface area contributed by atoms with Crippen LogP contribution in [0.4, 0.5) is 0 Å². The van der Waals surface area contributed by atoms with Crippen LogP contribution in [0.1, 0.15) is 34.1 Å². The van der Waals surface area contributed by atoms with Crippen LogP contribution in [0.3, 0.4) is 0 Å². The minimum Gasteiger partial charge on any atom is -0.478 e. The van der Waals surface area contributed by atoms with Gasteiger partial charge in [-0.15, -0.1) is 0 Å². The Morgan fingerprint density at radius 3 is 1.69 bits per heavy atom. The Balaban J connectivity index is 1.80.